The van der Waals surface area contributed by atoms with Crippen molar-refractivity contribution in [3.05, 3.63) is 64.3 Å². The molecule has 1 aromatic carbocycles. The number of alkyl carbamates (subject to hydrolysis) is 1. The van der Waals surface area contributed by atoms with Crippen LogP contribution in [0.5, 0.6) is 0 Å². The number of aromatic nitrogens is 4. The van der Waals surface area contributed by atoms with Crippen LogP contribution in [0.15, 0.2) is 47.7 Å². The highest BCUT2D eigenvalue weighted by Crippen LogP contribution is 2.32. The van der Waals surface area contributed by atoms with Crippen LogP contribution < -0.4 is 15.8 Å². The monoisotopic (exact) mass is 551 g/mol. The summed E-state index contributed by atoms with van der Waals surface area (Å²) in [4.78, 5) is 37.6. The number of nitrogens with zero attached hydrogens (tertiary/aromatic N) is 6. The van der Waals surface area contributed by atoms with Crippen molar-refractivity contribution in [1.82, 2.24) is 24.4 Å². The number of amides is 1. The maximum atomic E-state index is 14.0. The molecule has 10 heteroatoms. The highest BCUT2D eigenvalue weighted by Gasteiger charge is 2.30. The van der Waals surface area contributed by atoms with Crippen LogP contribution in [0.25, 0.3) is 21.9 Å². The van der Waals surface area contributed by atoms with Gasteiger partial charge in [-0.1, -0.05) is 24.1 Å². The molecule has 1 amide bonds. The largest absolute Gasteiger partial charge is 0.444 e. The Balaban J connectivity index is 1.56. The van der Waals surface area contributed by atoms with Gasteiger partial charge in [-0.3, -0.25) is 14.3 Å². The van der Waals surface area contributed by atoms with Crippen LogP contribution in [0.2, 0.25) is 0 Å². The number of fused-ring (bicyclic) bond motifs is 2. The zero-order valence-corrected chi connectivity index (χ0v) is 23.8. The Morgan fingerprint density at radius 3 is 2.78 bits per heavy atom. The summed E-state index contributed by atoms with van der Waals surface area (Å²) in [6.07, 6.45) is 4.33. The average molecular weight is 552 g/mol. The molecule has 0 radical (unpaired) electrons. The molecule has 0 spiro atoms. The molecule has 1 unspecified atom stereocenters. The molecule has 3 aromatic heterocycles. The number of nitriles is 1. The molecule has 10 nitrogen and oxygen atoms in total. The third-order valence-electron chi connectivity index (χ3n) is 7.05. The van der Waals surface area contributed by atoms with Gasteiger partial charge >= 0.3 is 6.09 Å². The van der Waals surface area contributed by atoms with Crippen LogP contribution in [0.4, 0.5) is 10.6 Å². The minimum atomic E-state index is -0.605. The second-order valence-electron chi connectivity index (χ2n) is 11.1. The van der Waals surface area contributed by atoms with Crippen LogP contribution in [0.3, 0.4) is 0 Å². The van der Waals surface area contributed by atoms with Crippen LogP contribution >= 0.6 is 0 Å². The number of pyridine rings is 1. The molecule has 1 saturated heterocycles. The molecule has 1 aliphatic rings. The molecule has 1 fully saturated rings. The quantitative estimate of drug-likeness (QED) is 0.370. The first-order chi connectivity index (χ1) is 19.7. The van der Waals surface area contributed by atoms with Gasteiger partial charge in [0.05, 0.1) is 24.9 Å². The molecular formula is C31H33N7O3. The number of para-hydroxylation sites is 1. The van der Waals surface area contributed by atoms with Gasteiger partial charge < -0.3 is 19.5 Å². The predicted molar refractivity (Wildman–Crippen MR) is 158 cm³/mol. The van der Waals surface area contributed by atoms with Gasteiger partial charge in [-0.25, -0.2) is 9.78 Å². The van der Waals surface area contributed by atoms with Gasteiger partial charge in [0.15, 0.2) is 0 Å². The highest BCUT2D eigenvalue weighted by molar-refractivity contribution is 5.89. The Hall–Kier alpha value is -4.83. The second kappa shape index (κ2) is 11.3. The van der Waals surface area contributed by atoms with Gasteiger partial charge in [0.1, 0.15) is 34.1 Å². The number of hydrogen-bond donors (Lipinski definition) is 1. The van der Waals surface area contributed by atoms with E-state index in [0.29, 0.717) is 42.0 Å². The van der Waals surface area contributed by atoms with Crippen molar-refractivity contribution in [3.8, 4) is 17.9 Å². The average Bonchev–Trinajstić information content (AvgIpc) is 3.26. The van der Waals surface area contributed by atoms with Crippen molar-refractivity contribution in [2.24, 2.45) is 0 Å². The highest BCUT2D eigenvalue weighted by atomic mass is 16.6. The number of carbonyl (C=O) groups is 1. The van der Waals surface area contributed by atoms with Crippen molar-refractivity contribution in [1.29, 1.82) is 5.26 Å². The van der Waals surface area contributed by atoms with E-state index in [1.165, 1.54) is 6.33 Å². The zero-order chi connectivity index (χ0) is 29.1. The van der Waals surface area contributed by atoms with Crippen LogP contribution in [0.1, 0.15) is 51.7 Å². The van der Waals surface area contributed by atoms with E-state index in [1.807, 2.05) is 56.0 Å². The number of piperidine rings is 1. The van der Waals surface area contributed by atoms with Crippen molar-refractivity contribution >= 4 is 33.8 Å². The summed E-state index contributed by atoms with van der Waals surface area (Å²) in [5, 5.41) is 14.2. The Morgan fingerprint density at radius 2 is 2.02 bits per heavy atom. The SMILES string of the molecule is CC#CCn1c(N2CCCC(NC(=O)OC(C)(C)C)C2)c(C#N)c2ncn(Cc3ccnc4ccccc34)c(=O)c21. The summed E-state index contributed by atoms with van der Waals surface area (Å²) < 4.78 is 8.82. The normalized spacial score (nSPS) is 15.3. The predicted octanol–water partition coefficient (Wildman–Crippen LogP) is 4.18. The number of anilines is 1. The molecule has 0 bridgehead atoms. The number of rotatable bonds is 5. The molecule has 1 N–H and O–H groups in total. The minimum Gasteiger partial charge on any atom is -0.444 e. The minimum absolute atomic E-state index is 0.182. The maximum Gasteiger partial charge on any atom is 0.407 e. The molecule has 0 saturated carbocycles. The lowest BCUT2D eigenvalue weighted by Crippen LogP contribution is -2.49. The fourth-order valence-electron chi connectivity index (χ4n) is 5.35. The van der Waals surface area contributed by atoms with E-state index in [4.69, 9.17) is 4.74 Å². The Bertz CT molecular complexity index is 1770. The van der Waals surface area contributed by atoms with E-state index in [9.17, 15) is 14.9 Å². The standard InChI is InChI=1S/C31H33N7O3/c1-5-6-16-38-27-26(34-20-37(29(27)39)18-21-13-14-33-25-12-8-7-11-23(21)25)24(17-32)28(38)36-15-9-10-22(19-36)35-30(40)41-31(2,3)4/h7-8,11-14,20,22H,9-10,15-16,18-19H2,1-4H3,(H,35,40). The summed E-state index contributed by atoms with van der Waals surface area (Å²) in [6.45, 7) is 8.86. The van der Waals surface area contributed by atoms with Crippen LogP contribution in [-0.4, -0.2) is 49.9 Å². The first-order valence-electron chi connectivity index (χ1n) is 13.7. The van der Waals surface area contributed by atoms with E-state index in [1.54, 1.807) is 22.3 Å². The summed E-state index contributed by atoms with van der Waals surface area (Å²) in [6, 6.07) is 11.8. The third-order valence-corrected chi connectivity index (χ3v) is 7.05. The van der Waals surface area contributed by atoms with Gasteiger partial charge in [0.25, 0.3) is 5.56 Å². The Morgan fingerprint density at radius 1 is 1.22 bits per heavy atom. The first kappa shape index (κ1) is 27.7. The summed E-state index contributed by atoms with van der Waals surface area (Å²) >= 11 is 0. The third kappa shape index (κ3) is 5.73. The zero-order valence-electron chi connectivity index (χ0n) is 23.8. The van der Waals surface area contributed by atoms with Crippen molar-refractivity contribution in [2.75, 3.05) is 18.0 Å². The van der Waals surface area contributed by atoms with Gasteiger partial charge in [0, 0.05) is 30.7 Å². The summed E-state index contributed by atoms with van der Waals surface area (Å²) in [7, 11) is 0. The fraction of sp³-hybridized carbons (Fsp3) is 0.387. The number of ether oxygens (including phenoxy) is 1. The summed E-state index contributed by atoms with van der Waals surface area (Å²) in [5.41, 5.74) is 1.95. The molecule has 1 atom stereocenters. The van der Waals surface area contributed by atoms with Crippen molar-refractivity contribution in [3.63, 3.8) is 0 Å². The molecular weight excluding hydrogens is 518 g/mol. The second-order valence-corrected chi connectivity index (χ2v) is 11.1. The van der Waals surface area contributed by atoms with Gasteiger partial charge in [-0.2, -0.15) is 5.26 Å². The van der Waals surface area contributed by atoms with Crippen LogP contribution in [-0.2, 0) is 17.8 Å². The lowest BCUT2D eigenvalue weighted by Gasteiger charge is -2.35. The van der Waals surface area contributed by atoms with Gasteiger partial charge in [0.2, 0.25) is 0 Å². The maximum absolute atomic E-state index is 14.0. The molecule has 41 heavy (non-hydrogen) atoms. The first-order valence-corrected chi connectivity index (χ1v) is 13.7. The van der Waals surface area contributed by atoms with Gasteiger partial charge in [-0.05, 0) is 58.2 Å². The molecule has 0 aliphatic carbocycles. The van der Waals surface area contributed by atoms with E-state index >= 15 is 0 Å². The van der Waals surface area contributed by atoms with Gasteiger partial charge in [-0.15, -0.1) is 5.92 Å². The lowest BCUT2D eigenvalue weighted by molar-refractivity contribution is 0.0500. The number of carbonyl (C=O) groups excluding carboxylic acids is 1. The van der Waals surface area contributed by atoms with Crippen molar-refractivity contribution < 1.29 is 9.53 Å². The van der Waals surface area contributed by atoms with E-state index < -0.39 is 11.7 Å². The smallest absolute Gasteiger partial charge is 0.407 e. The molecule has 210 valence electrons. The molecule has 4 aromatic rings. The van der Waals surface area contributed by atoms with Crippen molar-refractivity contribution in [2.45, 2.75) is 65.3 Å². The topological polar surface area (TPSA) is 118 Å². The molecule has 1 aliphatic heterocycles. The van der Waals surface area contributed by atoms with E-state index in [-0.39, 0.29) is 18.1 Å². The summed E-state index contributed by atoms with van der Waals surface area (Å²) in [5.74, 6) is 6.57. The number of benzene rings is 1. The fourth-order valence-corrected chi connectivity index (χ4v) is 5.35. The lowest BCUT2D eigenvalue weighted by atomic mass is 10.1. The Labute approximate surface area is 238 Å². The molecule has 4 heterocycles. The number of hydrogen-bond acceptors (Lipinski definition) is 7. The van der Waals surface area contributed by atoms with Crippen LogP contribution in [0, 0.1) is 23.2 Å². The van der Waals surface area contributed by atoms with E-state index in [0.717, 1.165) is 29.3 Å². The number of nitrogens with one attached hydrogen (secondary N) is 1. The van der Waals surface area contributed by atoms with E-state index in [2.05, 4.69) is 33.2 Å². The molecule has 5 rings (SSSR count). The Kier molecular flexibility index (Phi) is 7.67.